The van der Waals surface area contributed by atoms with Gasteiger partial charge in [-0.2, -0.15) is 0 Å². The molecule has 138 valence electrons. The molecule has 0 aromatic heterocycles. The Labute approximate surface area is 152 Å². The summed E-state index contributed by atoms with van der Waals surface area (Å²) in [6.45, 7) is 8.09. The lowest BCUT2D eigenvalue weighted by Gasteiger charge is -2.46. The number of benzene rings is 1. The Morgan fingerprint density at radius 2 is 1.84 bits per heavy atom. The van der Waals surface area contributed by atoms with E-state index in [4.69, 9.17) is 4.74 Å². The van der Waals surface area contributed by atoms with E-state index in [0.717, 1.165) is 30.9 Å². The van der Waals surface area contributed by atoms with Crippen molar-refractivity contribution in [3.8, 4) is 0 Å². The molecule has 0 radical (unpaired) electrons. The first kappa shape index (κ1) is 18.4. The van der Waals surface area contributed by atoms with Gasteiger partial charge in [0.25, 0.3) is 0 Å². The van der Waals surface area contributed by atoms with Gasteiger partial charge in [-0.05, 0) is 69.7 Å². The molecular weight excluding hydrogens is 312 g/mol. The van der Waals surface area contributed by atoms with Crippen LogP contribution in [0.1, 0.15) is 49.9 Å². The number of ether oxygens (including phenoxy) is 1. The lowest BCUT2D eigenvalue weighted by Crippen LogP contribution is -2.52. The van der Waals surface area contributed by atoms with Crippen LogP contribution in [0.2, 0.25) is 0 Å². The third-order valence-electron chi connectivity index (χ3n) is 6.01. The Kier molecular flexibility index (Phi) is 6.13. The lowest BCUT2D eigenvalue weighted by atomic mass is 9.85. The zero-order valence-electron chi connectivity index (χ0n) is 15.9. The molecule has 0 bridgehead atoms. The fourth-order valence-corrected chi connectivity index (χ4v) is 4.22. The van der Waals surface area contributed by atoms with Crippen molar-refractivity contribution in [3.05, 3.63) is 29.8 Å². The summed E-state index contributed by atoms with van der Waals surface area (Å²) in [5.41, 5.74) is 1.99. The van der Waals surface area contributed by atoms with Crippen LogP contribution in [0, 0.1) is 5.92 Å². The van der Waals surface area contributed by atoms with Gasteiger partial charge in [0.1, 0.15) is 6.29 Å². The highest BCUT2D eigenvalue weighted by Crippen LogP contribution is 2.32. The van der Waals surface area contributed by atoms with Gasteiger partial charge in [-0.1, -0.05) is 0 Å². The standard InChI is InChI=1S/C21H32N2O2/c1-16(2)23(20-12-21(13-20)25-3)14-17-8-10-22(11-9-17)19-6-4-18(15-24)5-7-19/h4-7,15-17,20-21H,8-14H2,1-3H3. The largest absolute Gasteiger partial charge is 0.381 e. The monoisotopic (exact) mass is 344 g/mol. The molecule has 1 heterocycles. The van der Waals surface area contributed by atoms with E-state index < -0.39 is 0 Å². The molecule has 1 saturated heterocycles. The molecule has 0 atom stereocenters. The maximum atomic E-state index is 10.8. The lowest BCUT2D eigenvalue weighted by molar-refractivity contribution is -0.0423. The number of rotatable bonds is 7. The van der Waals surface area contributed by atoms with Crippen LogP contribution in [0.3, 0.4) is 0 Å². The summed E-state index contributed by atoms with van der Waals surface area (Å²) in [6, 6.07) is 9.29. The number of piperidine rings is 1. The fourth-order valence-electron chi connectivity index (χ4n) is 4.22. The number of aldehydes is 1. The van der Waals surface area contributed by atoms with Crippen LogP contribution in [0.15, 0.2) is 24.3 Å². The zero-order valence-corrected chi connectivity index (χ0v) is 15.9. The van der Waals surface area contributed by atoms with Gasteiger partial charge >= 0.3 is 0 Å². The van der Waals surface area contributed by atoms with E-state index in [1.165, 1.54) is 37.9 Å². The second kappa shape index (κ2) is 8.33. The third kappa shape index (κ3) is 4.42. The van der Waals surface area contributed by atoms with Gasteiger partial charge in [-0.25, -0.2) is 0 Å². The number of carbonyl (C=O) groups excluding carboxylic acids is 1. The highest BCUT2D eigenvalue weighted by Gasteiger charge is 2.36. The van der Waals surface area contributed by atoms with Crippen molar-refractivity contribution < 1.29 is 9.53 Å². The first-order valence-electron chi connectivity index (χ1n) is 9.69. The predicted molar refractivity (Wildman–Crippen MR) is 102 cm³/mol. The number of carbonyl (C=O) groups is 1. The number of nitrogens with zero attached hydrogens (tertiary/aromatic N) is 2. The van der Waals surface area contributed by atoms with Crippen molar-refractivity contribution in [1.29, 1.82) is 0 Å². The maximum absolute atomic E-state index is 10.8. The minimum atomic E-state index is 0.474. The van der Waals surface area contributed by atoms with Crippen molar-refractivity contribution in [2.45, 2.75) is 57.7 Å². The van der Waals surface area contributed by atoms with Crippen LogP contribution in [0.5, 0.6) is 0 Å². The van der Waals surface area contributed by atoms with E-state index in [-0.39, 0.29) is 0 Å². The molecule has 1 aliphatic carbocycles. The summed E-state index contributed by atoms with van der Waals surface area (Å²) >= 11 is 0. The molecule has 0 spiro atoms. The van der Waals surface area contributed by atoms with Crippen LogP contribution < -0.4 is 4.90 Å². The molecule has 0 N–H and O–H groups in total. The first-order valence-corrected chi connectivity index (χ1v) is 9.69. The van der Waals surface area contributed by atoms with Gasteiger partial charge in [0.05, 0.1) is 6.10 Å². The van der Waals surface area contributed by atoms with Crippen molar-refractivity contribution in [2.75, 3.05) is 31.6 Å². The summed E-state index contributed by atoms with van der Waals surface area (Å²) < 4.78 is 5.46. The molecule has 25 heavy (non-hydrogen) atoms. The van der Waals surface area contributed by atoms with Gasteiger partial charge in [0.15, 0.2) is 0 Å². The number of hydrogen-bond acceptors (Lipinski definition) is 4. The van der Waals surface area contributed by atoms with Gasteiger partial charge in [-0.3, -0.25) is 9.69 Å². The average Bonchev–Trinajstić information content (AvgIpc) is 2.60. The summed E-state index contributed by atoms with van der Waals surface area (Å²) in [5, 5.41) is 0. The van der Waals surface area contributed by atoms with Crippen molar-refractivity contribution in [3.63, 3.8) is 0 Å². The quantitative estimate of drug-likeness (QED) is 0.708. The average molecular weight is 344 g/mol. The van der Waals surface area contributed by atoms with Crippen LogP contribution in [0.4, 0.5) is 5.69 Å². The molecule has 1 saturated carbocycles. The predicted octanol–water partition coefficient (Wildman–Crippen LogP) is 3.60. The second-order valence-electron chi connectivity index (χ2n) is 7.91. The molecule has 2 aliphatic rings. The Balaban J connectivity index is 1.50. The smallest absolute Gasteiger partial charge is 0.150 e. The number of anilines is 1. The fraction of sp³-hybridized carbons (Fsp3) is 0.667. The van der Waals surface area contributed by atoms with Crippen LogP contribution in [-0.4, -0.2) is 56.1 Å². The normalized spacial score (nSPS) is 24.6. The molecule has 3 rings (SSSR count). The third-order valence-corrected chi connectivity index (χ3v) is 6.01. The van der Waals surface area contributed by atoms with Gasteiger partial charge in [0.2, 0.25) is 0 Å². The first-order chi connectivity index (χ1) is 12.1. The highest BCUT2D eigenvalue weighted by atomic mass is 16.5. The molecule has 0 unspecified atom stereocenters. The molecule has 1 aromatic carbocycles. The van der Waals surface area contributed by atoms with Gasteiger partial charge in [-0.15, -0.1) is 0 Å². The van der Waals surface area contributed by atoms with E-state index >= 15 is 0 Å². The van der Waals surface area contributed by atoms with E-state index in [2.05, 4.69) is 35.8 Å². The molecule has 4 heteroatoms. The molecular formula is C21H32N2O2. The summed E-state index contributed by atoms with van der Waals surface area (Å²) in [6.07, 6.45) is 6.26. The zero-order chi connectivity index (χ0) is 17.8. The van der Waals surface area contributed by atoms with E-state index in [9.17, 15) is 4.79 Å². The van der Waals surface area contributed by atoms with Crippen LogP contribution in [0.25, 0.3) is 0 Å². The van der Waals surface area contributed by atoms with E-state index in [0.29, 0.717) is 18.2 Å². The summed E-state index contributed by atoms with van der Waals surface area (Å²) in [5.74, 6) is 0.787. The molecule has 2 fully saturated rings. The summed E-state index contributed by atoms with van der Waals surface area (Å²) in [4.78, 5) is 15.9. The molecule has 1 aromatic rings. The number of methoxy groups -OCH3 is 1. The SMILES string of the molecule is COC1CC(N(CC2CCN(c3ccc(C=O)cc3)CC2)C(C)C)C1. The maximum Gasteiger partial charge on any atom is 0.150 e. The summed E-state index contributed by atoms with van der Waals surface area (Å²) in [7, 11) is 1.83. The Hall–Kier alpha value is -1.39. The Morgan fingerprint density at radius 1 is 1.20 bits per heavy atom. The van der Waals surface area contributed by atoms with Crippen molar-refractivity contribution in [2.24, 2.45) is 5.92 Å². The molecule has 0 amide bonds. The van der Waals surface area contributed by atoms with Crippen LogP contribution >= 0.6 is 0 Å². The van der Waals surface area contributed by atoms with Crippen molar-refractivity contribution >= 4 is 12.0 Å². The number of hydrogen-bond donors (Lipinski definition) is 0. The Bertz CT molecular complexity index is 544. The van der Waals surface area contributed by atoms with Crippen LogP contribution in [-0.2, 0) is 4.74 Å². The van der Waals surface area contributed by atoms with Gasteiger partial charge < -0.3 is 9.64 Å². The van der Waals surface area contributed by atoms with E-state index in [1.54, 1.807) is 0 Å². The van der Waals surface area contributed by atoms with E-state index in [1.807, 2.05) is 19.2 Å². The topological polar surface area (TPSA) is 32.8 Å². The highest BCUT2D eigenvalue weighted by molar-refractivity contribution is 5.75. The Morgan fingerprint density at radius 3 is 2.36 bits per heavy atom. The minimum Gasteiger partial charge on any atom is -0.381 e. The second-order valence-corrected chi connectivity index (χ2v) is 7.91. The van der Waals surface area contributed by atoms with Crippen molar-refractivity contribution in [1.82, 2.24) is 4.90 Å². The molecule has 1 aliphatic heterocycles. The minimum absolute atomic E-state index is 0.474. The molecule has 4 nitrogen and oxygen atoms in total. The van der Waals surface area contributed by atoms with Gasteiger partial charge in [0, 0.05) is 50.1 Å².